The van der Waals surface area contributed by atoms with E-state index in [4.69, 9.17) is 9.47 Å². The maximum atomic E-state index is 6.02. The van der Waals surface area contributed by atoms with E-state index in [2.05, 4.69) is 45.1 Å². The van der Waals surface area contributed by atoms with Crippen molar-refractivity contribution in [1.29, 1.82) is 0 Å². The van der Waals surface area contributed by atoms with Gasteiger partial charge in [-0.25, -0.2) is 0 Å². The standard InChI is InChI=1S/C17H29NO2/c1-7-17(4,5)20-12-15-11-14(13(3)18-6)9-10-16(15)19-8-2/h9-11,13,18H,7-8,12H2,1-6H3. The van der Waals surface area contributed by atoms with Gasteiger partial charge in [0.2, 0.25) is 0 Å². The highest BCUT2D eigenvalue weighted by molar-refractivity contribution is 5.38. The summed E-state index contributed by atoms with van der Waals surface area (Å²) < 4.78 is 11.7. The van der Waals surface area contributed by atoms with Gasteiger partial charge in [0.25, 0.3) is 0 Å². The van der Waals surface area contributed by atoms with Gasteiger partial charge >= 0.3 is 0 Å². The SMILES string of the molecule is CCOc1ccc(C(C)NC)cc1COC(C)(C)CC. The summed E-state index contributed by atoms with van der Waals surface area (Å²) >= 11 is 0. The Balaban J connectivity index is 2.93. The fourth-order valence-electron chi connectivity index (χ4n) is 1.82. The van der Waals surface area contributed by atoms with E-state index < -0.39 is 0 Å². The first-order valence-electron chi connectivity index (χ1n) is 7.50. The Kier molecular flexibility index (Phi) is 6.50. The van der Waals surface area contributed by atoms with Crippen LogP contribution in [0, 0.1) is 0 Å². The van der Waals surface area contributed by atoms with Crippen LogP contribution in [0.15, 0.2) is 18.2 Å². The van der Waals surface area contributed by atoms with Crippen molar-refractivity contribution in [2.75, 3.05) is 13.7 Å². The van der Waals surface area contributed by atoms with Crippen LogP contribution in [0.25, 0.3) is 0 Å². The molecule has 1 aromatic rings. The highest BCUT2D eigenvalue weighted by atomic mass is 16.5. The lowest BCUT2D eigenvalue weighted by Gasteiger charge is -2.24. The lowest BCUT2D eigenvalue weighted by Crippen LogP contribution is -2.23. The molecule has 0 spiro atoms. The molecule has 0 heterocycles. The smallest absolute Gasteiger partial charge is 0.124 e. The summed E-state index contributed by atoms with van der Waals surface area (Å²) in [6.07, 6.45) is 0.990. The van der Waals surface area contributed by atoms with Crippen LogP contribution in [0.5, 0.6) is 5.75 Å². The lowest BCUT2D eigenvalue weighted by molar-refractivity contribution is -0.0323. The molecule has 1 rings (SSSR count). The molecule has 1 unspecified atom stereocenters. The zero-order valence-electron chi connectivity index (χ0n) is 13.7. The van der Waals surface area contributed by atoms with Crippen molar-refractivity contribution in [3.05, 3.63) is 29.3 Å². The molecule has 0 aliphatic rings. The maximum absolute atomic E-state index is 6.02. The van der Waals surface area contributed by atoms with E-state index in [9.17, 15) is 0 Å². The molecule has 20 heavy (non-hydrogen) atoms. The first-order valence-corrected chi connectivity index (χ1v) is 7.50. The van der Waals surface area contributed by atoms with Crippen molar-refractivity contribution in [3.63, 3.8) is 0 Å². The molecule has 1 N–H and O–H groups in total. The molecule has 1 atom stereocenters. The average molecular weight is 279 g/mol. The van der Waals surface area contributed by atoms with Crippen LogP contribution >= 0.6 is 0 Å². The fraction of sp³-hybridized carbons (Fsp3) is 0.647. The summed E-state index contributed by atoms with van der Waals surface area (Å²) in [6.45, 7) is 11.8. The highest BCUT2D eigenvalue weighted by Gasteiger charge is 2.17. The molecular formula is C17H29NO2. The topological polar surface area (TPSA) is 30.5 Å². The van der Waals surface area contributed by atoms with Gasteiger partial charge < -0.3 is 14.8 Å². The lowest BCUT2D eigenvalue weighted by atomic mass is 10.0. The number of ether oxygens (including phenoxy) is 2. The summed E-state index contributed by atoms with van der Waals surface area (Å²) in [4.78, 5) is 0. The van der Waals surface area contributed by atoms with Gasteiger partial charge in [-0.2, -0.15) is 0 Å². The molecule has 0 aromatic heterocycles. The number of nitrogens with one attached hydrogen (secondary N) is 1. The van der Waals surface area contributed by atoms with Crippen molar-refractivity contribution in [1.82, 2.24) is 5.32 Å². The summed E-state index contributed by atoms with van der Waals surface area (Å²) in [5, 5.41) is 3.26. The fourth-order valence-corrected chi connectivity index (χ4v) is 1.82. The van der Waals surface area contributed by atoms with E-state index in [1.807, 2.05) is 20.0 Å². The Morgan fingerprint density at radius 1 is 1.25 bits per heavy atom. The number of rotatable bonds is 8. The Bertz CT molecular complexity index is 415. The summed E-state index contributed by atoms with van der Waals surface area (Å²) in [7, 11) is 1.97. The van der Waals surface area contributed by atoms with Crippen LogP contribution < -0.4 is 10.1 Å². The average Bonchev–Trinajstić information content (AvgIpc) is 2.45. The molecule has 1 aromatic carbocycles. The quantitative estimate of drug-likeness (QED) is 0.778. The van der Waals surface area contributed by atoms with Gasteiger partial charge in [-0.05, 0) is 58.9 Å². The van der Waals surface area contributed by atoms with E-state index in [1.165, 1.54) is 5.56 Å². The van der Waals surface area contributed by atoms with Crippen molar-refractivity contribution in [3.8, 4) is 5.75 Å². The third-order valence-electron chi connectivity index (χ3n) is 3.79. The molecule has 0 bridgehead atoms. The molecule has 3 heteroatoms. The van der Waals surface area contributed by atoms with Gasteiger partial charge in [-0.3, -0.25) is 0 Å². The predicted octanol–water partition coefficient (Wildman–Crippen LogP) is 4.07. The van der Waals surface area contributed by atoms with Crippen LogP contribution in [-0.2, 0) is 11.3 Å². The van der Waals surface area contributed by atoms with E-state index in [0.29, 0.717) is 19.3 Å². The van der Waals surface area contributed by atoms with Gasteiger partial charge in [0.1, 0.15) is 5.75 Å². The van der Waals surface area contributed by atoms with Crippen molar-refractivity contribution in [2.45, 2.75) is 59.3 Å². The molecular weight excluding hydrogens is 250 g/mol. The van der Waals surface area contributed by atoms with Crippen LogP contribution in [0.1, 0.15) is 58.2 Å². The minimum absolute atomic E-state index is 0.103. The molecule has 3 nitrogen and oxygen atoms in total. The van der Waals surface area contributed by atoms with E-state index in [1.54, 1.807) is 0 Å². The Labute approximate surface area is 123 Å². The number of hydrogen-bond donors (Lipinski definition) is 1. The molecule has 0 aliphatic heterocycles. The third kappa shape index (κ3) is 4.80. The first kappa shape index (κ1) is 17.0. The summed E-state index contributed by atoms with van der Waals surface area (Å²) in [5.41, 5.74) is 2.27. The second-order valence-corrected chi connectivity index (χ2v) is 5.71. The van der Waals surface area contributed by atoms with Gasteiger partial charge in [0.05, 0.1) is 18.8 Å². The molecule has 0 fully saturated rings. The third-order valence-corrected chi connectivity index (χ3v) is 3.79. The molecule has 0 radical (unpaired) electrons. The van der Waals surface area contributed by atoms with E-state index in [-0.39, 0.29) is 5.60 Å². The van der Waals surface area contributed by atoms with E-state index >= 15 is 0 Å². The van der Waals surface area contributed by atoms with Gasteiger partial charge in [0, 0.05) is 11.6 Å². The monoisotopic (exact) mass is 279 g/mol. The molecule has 0 saturated carbocycles. The Morgan fingerprint density at radius 3 is 2.50 bits per heavy atom. The second kappa shape index (κ2) is 7.65. The van der Waals surface area contributed by atoms with Crippen molar-refractivity contribution < 1.29 is 9.47 Å². The summed E-state index contributed by atoms with van der Waals surface area (Å²) in [5.74, 6) is 0.923. The Morgan fingerprint density at radius 2 is 1.95 bits per heavy atom. The predicted molar refractivity (Wildman–Crippen MR) is 84.2 cm³/mol. The van der Waals surface area contributed by atoms with Crippen LogP contribution in [0.4, 0.5) is 0 Å². The van der Waals surface area contributed by atoms with Gasteiger partial charge in [-0.15, -0.1) is 0 Å². The Hall–Kier alpha value is -1.06. The first-order chi connectivity index (χ1) is 9.43. The van der Waals surface area contributed by atoms with Crippen molar-refractivity contribution in [2.24, 2.45) is 0 Å². The molecule has 0 amide bonds. The molecule has 0 aliphatic carbocycles. The maximum Gasteiger partial charge on any atom is 0.124 e. The molecule has 0 saturated heterocycles. The van der Waals surface area contributed by atoms with Crippen LogP contribution in [-0.4, -0.2) is 19.3 Å². The number of hydrogen-bond acceptors (Lipinski definition) is 3. The minimum Gasteiger partial charge on any atom is -0.494 e. The second-order valence-electron chi connectivity index (χ2n) is 5.71. The van der Waals surface area contributed by atoms with Crippen LogP contribution in [0.3, 0.4) is 0 Å². The zero-order chi connectivity index (χ0) is 15.2. The van der Waals surface area contributed by atoms with E-state index in [0.717, 1.165) is 17.7 Å². The number of benzene rings is 1. The van der Waals surface area contributed by atoms with Crippen molar-refractivity contribution >= 4 is 0 Å². The highest BCUT2D eigenvalue weighted by Crippen LogP contribution is 2.26. The molecule has 114 valence electrons. The zero-order valence-corrected chi connectivity index (χ0v) is 13.7. The van der Waals surface area contributed by atoms with Gasteiger partial charge in [0.15, 0.2) is 0 Å². The largest absolute Gasteiger partial charge is 0.494 e. The minimum atomic E-state index is -0.103. The summed E-state index contributed by atoms with van der Waals surface area (Å²) in [6, 6.07) is 6.66. The van der Waals surface area contributed by atoms with Gasteiger partial charge in [-0.1, -0.05) is 13.0 Å². The van der Waals surface area contributed by atoms with Crippen LogP contribution in [0.2, 0.25) is 0 Å². The normalized spacial score (nSPS) is 13.3.